The number of carbonyl (C=O) groups excluding carboxylic acids is 1. The number of nitrogen functional groups attached to an aromatic ring is 1. The number of nitrogens with zero attached hydrogens (tertiary/aromatic N) is 1. The number of primary amides is 1. The average molecular weight is 247 g/mol. The van der Waals surface area contributed by atoms with Crippen molar-refractivity contribution in [1.82, 2.24) is 4.90 Å². The normalized spacial score (nSPS) is 16.8. The van der Waals surface area contributed by atoms with Gasteiger partial charge in [0.1, 0.15) is 0 Å². The average Bonchev–Trinajstić information content (AvgIpc) is 3.15. The van der Waals surface area contributed by atoms with Crippen molar-refractivity contribution in [2.75, 3.05) is 5.73 Å². The van der Waals surface area contributed by atoms with Crippen molar-refractivity contribution in [3.8, 4) is 0 Å². The molecule has 1 aliphatic carbocycles. The molecule has 1 atom stereocenters. The summed E-state index contributed by atoms with van der Waals surface area (Å²) in [6.07, 6.45) is 3.05. The van der Waals surface area contributed by atoms with Gasteiger partial charge in [0.15, 0.2) is 0 Å². The Balaban J connectivity index is 2.16. The summed E-state index contributed by atoms with van der Waals surface area (Å²) in [4.78, 5) is 13.7. The third-order valence-corrected chi connectivity index (χ3v) is 3.54. The molecule has 4 N–H and O–H groups in total. The summed E-state index contributed by atoms with van der Waals surface area (Å²) in [6.45, 7) is 2.71. The monoisotopic (exact) mass is 247 g/mol. The van der Waals surface area contributed by atoms with Crippen LogP contribution in [0.1, 0.15) is 31.7 Å². The lowest BCUT2D eigenvalue weighted by Crippen LogP contribution is -2.45. The second-order valence-electron chi connectivity index (χ2n) is 4.93. The van der Waals surface area contributed by atoms with Gasteiger partial charge in [-0.15, -0.1) is 0 Å². The largest absolute Gasteiger partial charge is 0.398 e. The van der Waals surface area contributed by atoms with E-state index in [9.17, 15) is 4.79 Å². The van der Waals surface area contributed by atoms with Crippen LogP contribution in [0.5, 0.6) is 0 Å². The fourth-order valence-corrected chi connectivity index (χ4v) is 2.37. The van der Waals surface area contributed by atoms with Crippen molar-refractivity contribution >= 4 is 11.6 Å². The maximum Gasteiger partial charge on any atom is 0.234 e. The summed E-state index contributed by atoms with van der Waals surface area (Å²) >= 11 is 0. The first-order valence-corrected chi connectivity index (χ1v) is 6.52. The van der Waals surface area contributed by atoms with Crippen LogP contribution in [-0.2, 0) is 11.3 Å². The Morgan fingerprint density at radius 1 is 1.44 bits per heavy atom. The number of amides is 1. The predicted molar refractivity (Wildman–Crippen MR) is 72.7 cm³/mol. The van der Waals surface area contributed by atoms with Crippen molar-refractivity contribution in [3.63, 3.8) is 0 Å². The van der Waals surface area contributed by atoms with E-state index >= 15 is 0 Å². The number of rotatable bonds is 6. The topological polar surface area (TPSA) is 72.4 Å². The van der Waals surface area contributed by atoms with E-state index < -0.39 is 0 Å². The molecule has 18 heavy (non-hydrogen) atoms. The first kappa shape index (κ1) is 12.9. The zero-order chi connectivity index (χ0) is 13.1. The number of nitrogens with two attached hydrogens (primary N) is 2. The van der Waals surface area contributed by atoms with E-state index in [-0.39, 0.29) is 11.9 Å². The van der Waals surface area contributed by atoms with Crippen LogP contribution in [0.25, 0.3) is 0 Å². The van der Waals surface area contributed by atoms with Gasteiger partial charge >= 0.3 is 0 Å². The Hall–Kier alpha value is -1.55. The highest BCUT2D eigenvalue weighted by Crippen LogP contribution is 2.31. The molecule has 1 amide bonds. The molecule has 0 saturated heterocycles. The Morgan fingerprint density at radius 3 is 2.61 bits per heavy atom. The standard InChI is InChI=1S/C14H21N3O/c1-2-13(14(16)18)17(11-7-8-11)9-10-5-3-4-6-12(10)15/h3-6,11,13H,2,7-9,15H2,1H3,(H2,16,18). The Kier molecular flexibility index (Phi) is 3.87. The van der Waals surface area contributed by atoms with Gasteiger partial charge in [0.25, 0.3) is 0 Å². The second kappa shape index (κ2) is 5.40. The van der Waals surface area contributed by atoms with E-state index in [1.165, 1.54) is 0 Å². The number of para-hydroxylation sites is 1. The van der Waals surface area contributed by atoms with Gasteiger partial charge in [0.2, 0.25) is 5.91 Å². The third-order valence-electron chi connectivity index (χ3n) is 3.54. The predicted octanol–water partition coefficient (Wildman–Crippen LogP) is 1.50. The highest BCUT2D eigenvalue weighted by atomic mass is 16.1. The molecule has 0 aromatic heterocycles. The fraction of sp³-hybridized carbons (Fsp3) is 0.500. The zero-order valence-corrected chi connectivity index (χ0v) is 10.8. The molecular formula is C14H21N3O. The smallest absolute Gasteiger partial charge is 0.234 e. The van der Waals surface area contributed by atoms with Crippen LogP contribution in [0, 0.1) is 0 Å². The van der Waals surface area contributed by atoms with Crippen LogP contribution in [0.15, 0.2) is 24.3 Å². The lowest BCUT2D eigenvalue weighted by atomic mass is 10.1. The summed E-state index contributed by atoms with van der Waals surface area (Å²) < 4.78 is 0. The van der Waals surface area contributed by atoms with E-state index in [1.54, 1.807) is 0 Å². The van der Waals surface area contributed by atoms with E-state index in [1.807, 2.05) is 31.2 Å². The van der Waals surface area contributed by atoms with E-state index in [0.717, 1.165) is 30.5 Å². The number of anilines is 1. The van der Waals surface area contributed by atoms with Gasteiger partial charge in [-0.3, -0.25) is 9.69 Å². The highest BCUT2D eigenvalue weighted by molar-refractivity contribution is 5.79. The van der Waals surface area contributed by atoms with E-state index in [2.05, 4.69) is 4.90 Å². The van der Waals surface area contributed by atoms with Gasteiger partial charge in [0.05, 0.1) is 6.04 Å². The molecule has 2 rings (SSSR count). The third kappa shape index (κ3) is 2.82. The molecule has 0 heterocycles. The van der Waals surface area contributed by atoms with Gasteiger partial charge in [-0.1, -0.05) is 25.1 Å². The van der Waals surface area contributed by atoms with Crippen molar-refractivity contribution in [2.45, 2.75) is 44.8 Å². The maximum atomic E-state index is 11.5. The fourth-order valence-electron chi connectivity index (χ4n) is 2.37. The first-order valence-electron chi connectivity index (χ1n) is 6.52. The molecule has 98 valence electrons. The minimum Gasteiger partial charge on any atom is -0.398 e. The van der Waals surface area contributed by atoms with Gasteiger partial charge in [-0.05, 0) is 30.9 Å². The summed E-state index contributed by atoms with van der Waals surface area (Å²) in [7, 11) is 0. The molecule has 1 aromatic rings. The number of benzene rings is 1. The summed E-state index contributed by atoms with van der Waals surface area (Å²) in [6, 6.07) is 8.11. The minimum atomic E-state index is -0.237. The summed E-state index contributed by atoms with van der Waals surface area (Å²) in [5, 5.41) is 0. The van der Waals surface area contributed by atoms with Crippen LogP contribution >= 0.6 is 0 Å². The van der Waals surface area contributed by atoms with Crippen LogP contribution < -0.4 is 11.5 Å². The number of carbonyl (C=O) groups is 1. The molecule has 1 aromatic carbocycles. The molecule has 1 fully saturated rings. The molecule has 1 unspecified atom stereocenters. The Bertz CT molecular complexity index is 429. The van der Waals surface area contributed by atoms with Crippen molar-refractivity contribution in [1.29, 1.82) is 0 Å². The van der Waals surface area contributed by atoms with Gasteiger partial charge in [-0.2, -0.15) is 0 Å². The first-order chi connectivity index (χ1) is 8.63. The molecular weight excluding hydrogens is 226 g/mol. The van der Waals surface area contributed by atoms with Gasteiger partial charge < -0.3 is 11.5 Å². The Labute approximate surface area is 108 Å². The molecule has 0 radical (unpaired) electrons. The molecule has 4 heteroatoms. The van der Waals surface area contributed by atoms with Gasteiger partial charge in [0, 0.05) is 18.3 Å². The van der Waals surface area contributed by atoms with Crippen LogP contribution in [0.3, 0.4) is 0 Å². The molecule has 1 saturated carbocycles. The molecule has 0 spiro atoms. The van der Waals surface area contributed by atoms with Crippen molar-refractivity contribution < 1.29 is 4.79 Å². The molecule has 0 aliphatic heterocycles. The molecule has 4 nitrogen and oxygen atoms in total. The summed E-state index contributed by atoms with van der Waals surface area (Å²) in [5.74, 6) is -0.237. The van der Waals surface area contributed by atoms with Crippen molar-refractivity contribution in [3.05, 3.63) is 29.8 Å². The second-order valence-corrected chi connectivity index (χ2v) is 4.93. The molecule has 1 aliphatic rings. The lowest BCUT2D eigenvalue weighted by molar-refractivity contribution is -0.123. The zero-order valence-electron chi connectivity index (χ0n) is 10.8. The maximum absolute atomic E-state index is 11.5. The van der Waals surface area contributed by atoms with Crippen LogP contribution in [0.4, 0.5) is 5.69 Å². The van der Waals surface area contributed by atoms with Gasteiger partial charge in [-0.25, -0.2) is 0 Å². The quantitative estimate of drug-likeness (QED) is 0.748. The minimum absolute atomic E-state index is 0.183. The summed E-state index contributed by atoms with van der Waals surface area (Å²) in [5.41, 5.74) is 13.3. The molecule has 0 bridgehead atoms. The van der Waals surface area contributed by atoms with Crippen LogP contribution in [-0.4, -0.2) is 22.9 Å². The Morgan fingerprint density at radius 2 is 2.11 bits per heavy atom. The lowest BCUT2D eigenvalue weighted by Gasteiger charge is -2.29. The van der Waals surface area contributed by atoms with E-state index in [0.29, 0.717) is 12.6 Å². The van der Waals surface area contributed by atoms with E-state index in [4.69, 9.17) is 11.5 Å². The van der Waals surface area contributed by atoms with Crippen LogP contribution in [0.2, 0.25) is 0 Å². The number of hydrogen-bond donors (Lipinski definition) is 2. The number of hydrogen-bond acceptors (Lipinski definition) is 3. The highest BCUT2D eigenvalue weighted by Gasteiger charge is 2.35. The SMILES string of the molecule is CCC(C(N)=O)N(Cc1ccccc1N)C1CC1. The van der Waals surface area contributed by atoms with Crippen molar-refractivity contribution in [2.24, 2.45) is 5.73 Å².